The Morgan fingerprint density at radius 1 is 0.973 bits per heavy atom. The van der Waals surface area contributed by atoms with Crippen LogP contribution in [0, 0.1) is 0 Å². The van der Waals surface area contributed by atoms with E-state index in [1.807, 2.05) is 49.4 Å². The summed E-state index contributed by atoms with van der Waals surface area (Å²) in [7, 11) is 0. The highest BCUT2D eigenvalue weighted by Gasteiger charge is 2.62. The summed E-state index contributed by atoms with van der Waals surface area (Å²) in [6, 6.07) is 19.8. The minimum Gasteiger partial charge on any atom is -0.452 e. The second-order valence-electron chi connectivity index (χ2n) is 9.77. The molecular formula is C29H29N3O5. The van der Waals surface area contributed by atoms with Gasteiger partial charge in [0.05, 0.1) is 17.3 Å². The molecule has 0 saturated carbocycles. The van der Waals surface area contributed by atoms with Crippen LogP contribution >= 0.6 is 0 Å². The zero-order valence-electron chi connectivity index (χ0n) is 21.1. The van der Waals surface area contributed by atoms with Crippen LogP contribution in [0.2, 0.25) is 0 Å². The third kappa shape index (κ3) is 3.93. The molecule has 37 heavy (non-hydrogen) atoms. The summed E-state index contributed by atoms with van der Waals surface area (Å²) in [5, 5.41) is 4.99. The first-order chi connectivity index (χ1) is 17.8. The van der Waals surface area contributed by atoms with Crippen molar-refractivity contribution in [3.8, 4) is 0 Å². The van der Waals surface area contributed by atoms with Gasteiger partial charge in [-0.2, -0.15) is 0 Å². The summed E-state index contributed by atoms with van der Waals surface area (Å²) in [6.07, 6.45) is 0.182. The normalized spacial score (nSPS) is 19.6. The Hall–Kier alpha value is -4.20. The van der Waals surface area contributed by atoms with Crippen LogP contribution in [-0.2, 0) is 19.1 Å². The molecule has 2 aliphatic rings. The maximum atomic E-state index is 13.7. The van der Waals surface area contributed by atoms with Gasteiger partial charge in [0.15, 0.2) is 6.61 Å². The highest BCUT2D eigenvalue weighted by Crippen LogP contribution is 2.46. The van der Waals surface area contributed by atoms with E-state index in [1.54, 1.807) is 38.1 Å². The van der Waals surface area contributed by atoms with E-state index in [-0.39, 0.29) is 36.7 Å². The third-order valence-electron chi connectivity index (χ3n) is 7.14. The summed E-state index contributed by atoms with van der Waals surface area (Å²) in [4.78, 5) is 55.8. The highest BCUT2D eigenvalue weighted by molar-refractivity contribution is 6.15. The number of carbonyl (C=O) groups excluding carboxylic acids is 4. The van der Waals surface area contributed by atoms with Crippen molar-refractivity contribution in [2.45, 2.75) is 51.4 Å². The molecule has 0 bridgehead atoms. The molecule has 1 saturated heterocycles. The molecule has 8 heteroatoms. The Labute approximate surface area is 215 Å². The predicted molar refractivity (Wildman–Crippen MR) is 139 cm³/mol. The SMILES string of the molecule is CC(C)N1C(=O)c2ccccc2N2C(=O)CC[C@@]21C(=O)OCC(=O)N[C@@H](C)c1cccc2ccccc12. The third-order valence-corrected chi connectivity index (χ3v) is 7.14. The average molecular weight is 500 g/mol. The van der Waals surface area contributed by atoms with Crippen molar-refractivity contribution in [1.29, 1.82) is 0 Å². The van der Waals surface area contributed by atoms with Crippen LogP contribution in [0.3, 0.4) is 0 Å². The van der Waals surface area contributed by atoms with E-state index in [2.05, 4.69) is 5.32 Å². The lowest BCUT2D eigenvalue weighted by Gasteiger charge is -2.50. The highest BCUT2D eigenvalue weighted by atomic mass is 16.5. The molecule has 0 spiro atoms. The van der Waals surface area contributed by atoms with Crippen molar-refractivity contribution in [2.75, 3.05) is 11.5 Å². The number of carbonyl (C=O) groups is 4. The molecule has 3 aromatic carbocycles. The van der Waals surface area contributed by atoms with E-state index in [9.17, 15) is 19.2 Å². The Bertz CT molecular complexity index is 1410. The van der Waals surface area contributed by atoms with Crippen LogP contribution in [0.1, 0.15) is 55.6 Å². The number of para-hydroxylation sites is 1. The number of fused-ring (bicyclic) bond motifs is 4. The monoisotopic (exact) mass is 499 g/mol. The van der Waals surface area contributed by atoms with E-state index in [0.29, 0.717) is 11.3 Å². The number of anilines is 1. The quantitative estimate of drug-likeness (QED) is 0.518. The van der Waals surface area contributed by atoms with Gasteiger partial charge in [-0.05, 0) is 49.2 Å². The summed E-state index contributed by atoms with van der Waals surface area (Å²) in [6.45, 7) is 4.93. The molecule has 2 atom stereocenters. The lowest BCUT2D eigenvalue weighted by atomic mass is 9.95. The second kappa shape index (κ2) is 9.35. The van der Waals surface area contributed by atoms with E-state index in [4.69, 9.17) is 4.74 Å². The Kier molecular flexibility index (Phi) is 6.19. The Morgan fingerprint density at radius 2 is 1.68 bits per heavy atom. The first-order valence-electron chi connectivity index (χ1n) is 12.5. The Balaban J connectivity index is 1.37. The fourth-order valence-electron chi connectivity index (χ4n) is 5.61. The number of benzene rings is 3. The maximum Gasteiger partial charge on any atom is 0.354 e. The van der Waals surface area contributed by atoms with Gasteiger partial charge in [0, 0.05) is 18.9 Å². The van der Waals surface area contributed by atoms with Crippen molar-refractivity contribution in [2.24, 2.45) is 0 Å². The smallest absolute Gasteiger partial charge is 0.354 e. The van der Waals surface area contributed by atoms with Crippen LogP contribution in [0.25, 0.3) is 10.8 Å². The maximum absolute atomic E-state index is 13.7. The van der Waals surface area contributed by atoms with Gasteiger partial charge >= 0.3 is 5.97 Å². The molecular weight excluding hydrogens is 470 g/mol. The van der Waals surface area contributed by atoms with Gasteiger partial charge in [-0.1, -0.05) is 54.6 Å². The van der Waals surface area contributed by atoms with Gasteiger partial charge in [-0.25, -0.2) is 4.79 Å². The summed E-state index contributed by atoms with van der Waals surface area (Å²) >= 11 is 0. The first-order valence-corrected chi connectivity index (χ1v) is 12.5. The van der Waals surface area contributed by atoms with Gasteiger partial charge in [0.25, 0.3) is 11.8 Å². The number of ether oxygens (including phenoxy) is 1. The lowest BCUT2D eigenvalue weighted by Crippen LogP contribution is -2.70. The number of hydrogen-bond donors (Lipinski definition) is 1. The van der Waals surface area contributed by atoms with Crippen LogP contribution < -0.4 is 10.2 Å². The van der Waals surface area contributed by atoms with Gasteiger partial charge in [-0.3, -0.25) is 19.3 Å². The minimum atomic E-state index is -1.63. The molecule has 190 valence electrons. The van der Waals surface area contributed by atoms with Gasteiger partial charge in [0.1, 0.15) is 0 Å². The number of esters is 1. The van der Waals surface area contributed by atoms with Gasteiger partial charge in [0.2, 0.25) is 11.6 Å². The summed E-state index contributed by atoms with van der Waals surface area (Å²) < 4.78 is 5.53. The number of rotatable bonds is 6. The molecule has 2 heterocycles. The fourth-order valence-corrected chi connectivity index (χ4v) is 5.61. The molecule has 5 rings (SSSR count). The topological polar surface area (TPSA) is 96.0 Å². The zero-order valence-corrected chi connectivity index (χ0v) is 21.1. The molecule has 2 aliphatic heterocycles. The van der Waals surface area contributed by atoms with Crippen molar-refractivity contribution in [3.05, 3.63) is 77.9 Å². The average Bonchev–Trinajstić information content (AvgIpc) is 3.24. The summed E-state index contributed by atoms with van der Waals surface area (Å²) in [5.41, 5.74) is 0.0666. The lowest BCUT2D eigenvalue weighted by molar-refractivity contribution is -0.161. The van der Waals surface area contributed by atoms with Crippen molar-refractivity contribution in [1.82, 2.24) is 10.2 Å². The number of hydrogen-bond acceptors (Lipinski definition) is 5. The van der Waals surface area contributed by atoms with Crippen LogP contribution in [0.5, 0.6) is 0 Å². The molecule has 0 radical (unpaired) electrons. The molecule has 8 nitrogen and oxygen atoms in total. The summed E-state index contributed by atoms with van der Waals surface area (Å²) in [5.74, 6) is -1.87. The van der Waals surface area contributed by atoms with Crippen LogP contribution in [-0.4, -0.2) is 46.9 Å². The number of nitrogens with zero attached hydrogens (tertiary/aromatic N) is 2. The molecule has 0 aliphatic carbocycles. The van der Waals surface area contributed by atoms with Crippen LogP contribution in [0.4, 0.5) is 5.69 Å². The fraction of sp³-hybridized carbons (Fsp3) is 0.310. The Morgan fingerprint density at radius 3 is 2.46 bits per heavy atom. The number of nitrogens with one attached hydrogen (secondary N) is 1. The second-order valence-corrected chi connectivity index (χ2v) is 9.77. The predicted octanol–water partition coefficient (Wildman–Crippen LogP) is 3.95. The van der Waals surface area contributed by atoms with E-state index < -0.39 is 24.1 Å². The molecule has 1 N–H and O–H groups in total. The van der Waals surface area contributed by atoms with Crippen LogP contribution in [0.15, 0.2) is 66.7 Å². The van der Waals surface area contributed by atoms with Gasteiger partial charge in [-0.15, -0.1) is 0 Å². The molecule has 0 unspecified atom stereocenters. The molecule has 3 aromatic rings. The van der Waals surface area contributed by atoms with E-state index >= 15 is 0 Å². The zero-order chi connectivity index (χ0) is 26.3. The van der Waals surface area contributed by atoms with Gasteiger partial charge < -0.3 is 15.0 Å². The molecule has 3 amide bonds. The van der Waals surface area contributed by atoms with Crippen molar-refractivity contribution < 1.29 is 23.9 Å². The molecule has 1 fully saturated rings. The first kappa shape index (κ1) is 24.5. The number of amides is 3. The van der Waals surface area contributed by atoms with E-state index in [0.717, 1.165) is 16.3 Å². The largest absolute Gasteiger partial charge is 0.452 e. The van der Waals surface area contributed by atoms with Crippen molar-refractivity contribution >= 4 is 40.2 Å². The van der Waals surface area contributed by atoms with E-state index in [1.165, 1.54) is 9.80 Å². The van der Waals surface area contributed by atoms with Crippen molar-refractivity contribution in [3.63, 3.8) is 0 Å². The minimum absolute atomic E-state index is 0.0875. The standard InChI is InChI=1S/C29H29N3O5/c1-18(2)31-27(35)23-12-6-7-14-24(23)32-26(34)15-16-29(31,32)28(36)37-17-25(33)30-19(3)21-13-8-10-20-9-4-5-11-22(20)21/h4-14,18-19H,15-17H2,1-3H3,(H,30,33)/t19-,29-/m0/s1. The molecule has 0 aromatic heterocycles.